The van der Waals surface area contributed by atoms with Gasteiger partial charge in [-0.2, -0.15) is 0 Å². The molecule has 5 rings (SSSR count). The van der Waals surface area contributed by atoms with Crippen molar-refractivity contribution >= 4 is 46.0 Å². The van der Waals surface area contributed by atoms with Crippen LogP contribution in [0.2, 0.25) is 5.02 Å². The maximum atomic E-state index is 13.8. The van der Waals surface area contributed by atoms with Gasteiger partial charge in [-0.25, -0.2) is 14.4 Å². The monoisotopic (exact) mass is 506 g/mol. The van der Waals surface area contributed by atoms with Crippen LogP contribution in [0.25, 0.3) is 27.8 Å². The van der Waals surface area contributed by atoms with Crippen LogP contribution < -0.4 is 10.6 Å². The van der Waals surface area contributed by atoms with E-state index in [4.69, 9.17) is 16.3 Å². The molecule has 0 unspecified atom stereocenters. The average molecular weight is 507 g/mol. The summed E-state index contributed by atoms with van der Waals surface area (Å²) in [7, 11) is 1.55. The van der Waals surface area contributed by atoms with Crippen LogP contribution in [0.4, 0.5) is 10.3 Å². The number of carbonyl (C=O) groups is 2. The molecule has 0 aliphatic heterocycles. The maximum Gasteiger partial charge on any atom is 0.278 e. The zero-order valence-electron chi connectivity index (χ0n) is 19.0. The first-order valence-corrected chi connectivity index (χ1v) is 11.3. The van der Waals surface area contributed by atoms with Gasteiger partial charge in [-0.15, -0.1) is 0 Å². The number of imidazole rings is 2. The number of pyridine rings is 1. The van der Waals surface area contributed by atoms with Gasteiger partial charge in [-0.3, -0.25) is 19.3 Å². The molecule has 2 amide bonds. The summed E-state index contributed by atoms with van der Waals surface area (Å²) in [5.41, 5.74) is 3.51. The highest BCUT2D eigenvalue weighted by Gasteiger charge is 2.17. The van der Waals surface area contributed by atoms with Gasteiger partial charge in [0.05, 0.1) is 17.6 Å². The number of nitrogens with one attached hydrogen (secondary N) is 3. The van der Waals surface area contributed by atoms with E-state index in [1.165, 1.54) is 18.3 Å². The van der Waals surface area contributed by atoms with E-state index in [1.54, 1.807) is 54.0 Å². The minimum absolute atomic E-state index is 0.114. The molecule has 0 radical (unpaired) electrons. The predicted octanol–water partition coefficient (Wildman–Crippen LogP) is 4.30. The number of aromatic nitrogens is 4. The lowest BCUT2D eigenvalue weighted by atomic mass is 10.1. The molecule has 36 heavy (non-hydrogen) atoms. The van der Waals surface area contributed by atoms with Gasteiger partial charge in [-0.1, -0.05) is 23.7 Å². The van der Waals surface area contributed by atoms with E-state index in [1.807, 2.05) is 0 Å². The summed E-state index contributed by atoms with van der Waals surface area (Å²) in [6.07, 6.45) is 1.49. The molecule has 182 valence electrons. The number of fused-ring (bicyclic) bond motifs is 2. The molecular formula is C25H20ClFN6O3. The first-order chi connectivity index (χ1) is 17.4. The first-order valence-electron chi connectivity index (χ1n) is 10.9. The molecule has 0 aliphatic rings. The lowest BCUT2D eigenvalue weighted by molar-refractivity contribution is 0.0929. The fraction of sp³-hybridized carbons (Fsp3) is 0.120. The van der Waals surface area contributed by atoms with Crippen LogP contribution in [0.1, 0.15) is 21.0 Å². The van der Waals surface area contributed by atoms with Crippen LogP contribution in [-0.2, 0) is 4.74 Å². The summed E-state index contributed by atoms with van der Waals surface area (Å²) in [6.45, 7) is 0.738. The molecule has 0 aliphatic carbocycles. The smallest absolute Gasteiger partial charge is 0.278 e. The molecular weight excluding hydrogens is 487 g/mol. The van der Waals surface area contributed by atoms with Gasteiger partial charge in [-0.05, 0) is 53.6 Å². The topological polar surface area (TPSA) is 113 Å². The van der Waals surface area contributed by atoms with Crippen LogP contribution >= 0.6 is 11.6 Å². The molecule has 3 N–H and O–H groups in total. The number of ether oxygens (including phenoxy) is 1. The van der Waals surface area contributed by atoms with E-state index in [0.717, 1.165) is 5.56 Å². The molecule has 3 heterocycles. The number of carbonyl (C=O) groups excluding carboxylic acids is 2. The summed E-state index contributed by atoms with van der Waals surface area (Å²) >= 11 is 5.98. The summed E-state index contributed by atoms with van der Waals surface area (Å²) in [4.78, 5) is 37.2. The quantitative estimate of drug-likeness (QED) is 0.285. The largest absolute Gasteiger partial charge is 0.383 e. The van der Waals surface area contributed by atoms with Crippen molar-refractivity contribution in [1.29, 1.82) is 0 Å². The van der Waals surface area contributed by atoms with Crippen molar-refractivity contribution in [3.05, 3.63) is 83.0 Å². The van der Waals surface area contributed by atoms with Gasteiger partial charge < -0.3 is 15.0 Å². The molecule has 0 bridgehead atoms. The third-order valence-corrected chi connectivity index (χ3v) is 5.68. The Morgan fingerprint density at radius 3 is 2.75 bits per heavy atom. The van der Waals surface area contributed by atoms with Crippen molar-refractivity contribution in [3.63, 3.8) is 0 Å². The number of anilines is 1. The molecule has 5 aromatic rings. The normalized spacial score (nSPS) is 11.2. The van der Waals surface area contributed by atoms with Gasteiger partial charge in [0, 0.05) is 24.9 Å². The molecule has 0 spiro atoms. The minimum atomic E-state index is -0.499. The van der Waals surface area contributed by atoms with E-state index < -0.39 is 11.7 Å². The number of nitrogens with zero attached hydrogens (tertiary/aromatic N) is 3. The molecule has 0 fully saturated rings. The second kappa shape index (κ2) is 9.76. The lowest BCUT2D eigenvalue weighted by Gasteiger charge is -2.06. The van der Waals surface area contributed by atoms with Gasteiger partial charge in [0.25, 0.3) is 11.8 Å². The average Bonchev–Trinajstić information content (AvgIpc) is 3.46. The molecule has 3 aromatic heterocycles. The van der Waals surface area contributed by atoms with Gasteiger partial charge >= 0.3 is 0 Å². The van der Waals surface area contributed by atoms with Gasteiger partial charge in [0.1, 0.15) is 22.9 Å². The van der Waals surface area contributed by atoms with Gasteiger partial charge in [0.15, 0.2) is 0 Å². The van der Waals surface area contributed by atoms with Crippen LogP contribution in [0.5, 0.6) is 0 Å². The van der Waals surface area contributed by atoms with Crippen molar-refractivity contribution in [1.82, 2.24) is 24.7 Å². The summed E-state index contributed by atoms with van der Waals surface area (Å²) < 4.78 is 20.3. The molecule has 11 heteroatoms. The minimum Gasteiger partial charge on any atom is -0.383 e. The maximum absolute atomic E-state index is 13.8. The van der Waals surface area contributed by atoms with Crippen LogP contribution in [-0.4, -0.2) is 51.4 Å². The Morgan fingerprint density at radius 1 is 1.08 bits per heavy atom. The number of H-pyrrole nitrogens is 1. The number of halogens is 2. The number of benzene rings is 2. The number of rotatable bonds is 7. The molecule has 0 atom stereocenters. The summed E-state index contributed by atoms with van der Waals surface area (Å²) in [6, 6.07) is 14.7. The Labute approximate surface area is 209 Å². The Balaban J connectivity index is 1.37. The Hall–Kier alpha value is -4.28. The Kier molecular flexibility index (Phi) is 6.36. The number of hydrogen-bond donors (Lipinski definition) is 3. The lowest BCUT2D eigenvalue weighted by Crippen LogP contribution is -2.28. The number of amides is 2. The van der Waals surface area contributed by atoms with E-state index in [2.05, 4.69) is 25.6 Å². The fourth-order valence-electron chi connectivity index (χ4n) is 3.80. The van der Waals surface area contributed by atoms with Crippen molar-refractivity contribution in [2.24, 2.45) is 0 Å². The van der Waals surface area contributed by atoms with Crippen LogP contribution in [0, 0.1) is 5.82 Å². The highest BCUT2D eigenvalue weighted by atomic mass is 35.5. The van der Waals surface area contributed by atoms with Crippen molar-refractivity contribution in [3.8, 4) is 11.1 Å². The van der Waals surface area contributed by atoms with Crippen LogP contribution in [0.3, 0.4) is 0 Å². The standard InChI is InChI=1S/C25H20ClFN6O3/c1-36-8-7-28-24(35)21-3-2-4-22-29-20(13-33(21)22)23(34)32-25-30-18-6-5-14(11-19(18)31-25)15-9-16(26)12-17(27)10-15/h2-6,9-13H,7-8H2,1H3,(H,28,35)(H2,30,31,32,34). The highest BCUT2D eigenvalue weighted by molar-refractivity contribution is 6.30. The first kappa shape index (κ1) is 23.5. The summed E-state index contributed by atoms with van der Waals surface area (Å²) in [5, 5.41) is 5.75. The van der Waals surface area contributed by atoms with E-state index in [-0.39, 0.29) is 17.5 Å². The zero-order chi connectivity index (χ0) is 25.2. The third kappa shape index (κ3) is 4.77. The zero-order valence-corrected chi connectivity index (χ0v) is 19.8. The second-order valence-electron chi connectivity index (χ2n) is 7.94. The molecule has 0 saturated carbocycles. The van der Waals surface area contributed by atoms with Crippen molar-refractivity contribution in [2.45, 2.75) is 0 Å². The van der Waals surface area contributed by atoms with Crippen molar-refractivity contribution < 1.29 is 18.7 Å². The van der Waals surface area contributed by atoms with E-state index in [9.17, 15) is 14.0 Å². The number of hydrogen-bond acceptors (Lipinski definition) is 5. The molecule has 9 nitrogen and oxygen atoms in total. The number of aromatic amines is 1. The van der Waals surface area contributed by atoms with Gasteiger partial charge in [0.2, 0.25) is 5.95 Å². The van der Waals surface area contributed by atoms with Crippen molar-refractivity contribution in [2.75, 3.05) is 25.6 Å². The molecule has 2 aromatic carbocycles. The van der Waals surface area contributed by atoms with E-state index in [0.29, 0.717) is 46.1 Å². The Morgan fingerprint density at radius 2 is 1.94 bits per heavy atom. The fourth-order valence-corrected chi connectivity index (χ4v) is 4.02. The van der Waals surface area contributed by atoms with E-state index >= 15 is 0 Å². The second-order valence-corrected chi connectivity index (χ2v) is 8.38. The third-order valence-electron chi connectivity index (χ3n) is 5.46. The summed E-state index contributed by atoms with van der Waals surface area (Å²) in [5.74, 6) is -1.02. The highest BCUT2D eigenvalue weighted by Crippen LogP contribution is 2.27. The predicted molar refractivity (Wildman–Crippen MR) is 134 cm³/mol. The molecule has 0 saturated heterocycles. The number of methoxy groups -OCH3 is 1. The SMILES string of the molecule is COCCNC(=O)c1cccc2nc(C(=O)Nc3nc4ccc(-c5cc(F)cc(Cl)c5)cc4[nH]3)cn12. The Bertz CT molecular complexity index is 1590. The van der Waals surface area contributed by atoms with Crippen LogP contribution in [0.15, 0.2) is 60.8 Å².